The van der Waals surface area contributed by atoms with Gasteiger partial charge in [0.05, 0.1) is 17.0 Å². The summed E-state index contributed by atoms with van der Waals surface area (Å²) in [5.74, 6) is -1.02. The Labute approximate surface area is 183 Å². The maximum absolute atomic E-state index is 13.8. The minimum Gasteiger partial charge on any atom is -0.450 e. The minimum absolute atomic E-state index is 0.0398. The average molecular weight is 485 g/mol. The zero-order chi connectivity index (χ0) is 21.0. The summed E-state index contributed by atoms with van der Waals surface area (Å²) in [5.41, 5.74) is 1.21. The number of benzene rings is 3. The molecule has 1 aromatic heterocycles. The first-order chi connectivity index (χ1) is 14.4. The number of rotatable bonds is 2. The summed E-state index contributed by atoms with van der Waals surface area (Å²) in [5, 5.41) is 0.629. The van der Waals surface area contributed by atoms with Gasteiger partial charge in [0, 0.05) is 15.2 Å². The van der Waals surface area contributed by atoms with E-state index in [1.165, 1.54) is 17.0 Å². The average Bonchev–Trinajstić information content (AvgIpc) is 3.03. The summed E-state index contributed by atoms with van der Waals surface area (Å²) in [6.45, 7) is 0. The van der Waals surface area contributed by atoms with E-state index in [1.54, 1.807) is 36.4 Å². The van der Waals surface area contributed by atoms with Crippen molar-refractivity contribution in [1.82, 2.24) is 0 Å². The lowest BCUT2D eigenvalue weighted by atomic mass is 9.98. The fourth-order valence-corrected chi connectivity index (χ4v) is 4.16. The maximum atomic E-state index is 13.8. The number of carbonyl (C=O) groups is 1. The molecule has 148 valence electrons. The number of fused-ring (bicyclic) bond motifs is 2. The standard InChI is InChI=1S/C23H12BrClFNO3/c24-13-3-8-16(9-4-13)27-20(12-1-5-14(25)6-2-12)19-21(28)17-11-15(26)7-10-18(17)30-22(19)23(27)29/h1-11,20H. The lowest BCUT2D eigenvalue weighted by Gasteiger charge is -2.25. The van der Waals surface area contributed by atoms with E-state index < -0.39 is 23.2 Å². The van der Waals surface area contributed by atoms with Gasteiger partial charge in [-0.25, -0.2) is 4.39 Å². The summed E-state index contributed by atoms with van der Waals surface area (Å²) < 4.78 is 20.5. The van der Waals surface area contributed by atoms with Gasteiger partial charge in [0.25, 0.3) is 5.91 Å². The van der Waals surface area contributed by atoms with E-state index in [2.05, 4.69) is 15.9 Å². The number of carbonyl (C=O) groups excluding carboxylic acids is 1. The maximum Gasteiger partial charge on any atom is 0.295 e. The summed E-state index contributed by atoms with van der Waals surface area (Å²) in [4.78, 5) is 28.3. The quantitative estimate of drug-likeness (QED) is 0.345. The van der Waals surface area contributed by atoms with E-state index in [9.17, 15) is 14.0 Å². The predicted octanol–water partition coefficient (Wildman–Crippen LogP) is 6.10. The van der Waals surface area contributed by atoms with Crippen molar-refractivity contribution in [2.24, 2.45) is 0 Å². The zero-order valence-electron chi connectivity index (χ0n) is 15.2. The Morgan fingerprint density at radius 3 is 2.37 bits per heavy atom. The third-order valence-electron chi connectivity index (χ3n) is 5.12. The van der Waals surface area contributed by atoms with E-state index >= 15 is 0 Å². The van der Waals surface area contributed by atoms with Crippen LogP contribution in [0.1, 0.15) is 27.7 Å². The summed E-state index contributed by atoms with van der Waals surface area (Å²) >= 11 is 9.43. The highest BCUT2D eigenvalue weighted by Crippen LogP contribution is 2.41. The summed E-state index contributed by atoms with van der Waals surface area (Å²) in [7, 11) is 0. The van der Waals surface area contributed by atoms with Gasteiger partial charge in [0.2, 0.25) is 5.76 Å². The third-order valence-corrected chi connectivity index (χ3v) is 5.90. The van der Waals surface area contributed by atoms with Crippen LogP contribution < -0.4 is 10.3 Å². The molecule has 0 N–H and O–H groups in total. The van der Waals surface area contributed by atoms with E-state index in [-0.39, 0.29) is 22.3 Å². The number of anilines is 1. The molecule has 4 aromatic rings. The van der Waals surface area contributed by atoms with E-state index in [1.807, 2.05) is 12.1 Å². The Morgan fingerprint density at radius 1 is 0.967 bits per heavy atom. The van der Waals surface area contributed by atoms with Crippen LogP contribution in [0.15, 0.2) is 80.4 Å². The van der Waals surface area contributed by atoms with Crippen LogP contribution in [0.3, 0.4) is 0 Å². The second kappa shape index (κ2) is 7.07. The Kier molecular flexibility index (Phi) is 4.49. The molecule has 1 aliphatic heterocycles. The number of hydrogen-bond acceptors (Lipinski definition) is 3. The molecular formula is C23H12BrClFNO3. The smallest absolute Gasteiger partial charge is 0.295 e. The second-order valence-electron chi connectivity index (χ2n) is 6.92. The Bertz CT molecular complexity index is 1370. The highest BCUT2D eigenvalue weighted by atomic mass is 79.9. The van der Waals surface area contributed by atoms with E-state index in [0.717, 1.165) is 10.5 Å². The lowest BCUT2D eigenvalue weighted by molar-refractivity contribution is 0.0971. The summed E-state index contributed by atoms with van der Waals surface area (Å²) in [6, 6.07) is 17.1. The molecule has 3 aromatic carbocycles. The third kappa shape index (κ3) is 2.95. The van der Waals surface area contributed by atoms with Gasteiger partial charge in [-0.2, -0.15) is 0 Å². The molecule has 0 aliphatic carbocycles. The van der Waals surface area contributed by atoms with Gasteiger partial charge in [-0.15, -0.1) is 0 Å². The fraction of sp³-hybridized carbons (Fsp3) is 0.0435. The normalized spacial score (nSPS) is 15.6. The molecule has 0 radical (unpaired) electrons. The highest BCUT2D eigenvalue weighted by Gasteiger charge is 2.43. The predicted molar refractivity (Wildman–Crippen MR) is 117 cm³/mol. The first-order valence-corrected chi connectivity index (χ1v) is 10.2. The lowest BCUT2D eigenvalue weighted by Crippen LogP contribution is -2.29. The molecule has 5 rings (SSSR count). The second-order valence-corrected chi connectivity index (χ2v) is 8.27. The molecular weight excluding hydrogens is 473 g/mol. The molecule has 0 saturated heterocycles. The van der Waals surface area contributed by atoms with Crippen molar-refractivity contribution in [1.29, 1.82) is 0 Å². The molecule has 2 heterocycles. The molecule has 7 heteroatoms. The van der Waals surface area contributed by atoms with Crippen LogP contribution in [0.4, 0.5) is 10.1 Å². The van der Waals surface area contributed by atoms with Gasteiger partial charge in [0.15, 0.2) is 5.43 Å². The topological polar surface area (TPSA) is 50.5 Å². The molecule has 1 aliphatic rings. The molecule has 0 fully saturated rings. The molecule has 1 atom stereocenters. The van der Waals surface area contributed by atoms with Crippen LogP contribution in [-0.4, -0.2) is 5.91 Å². The van der Waals surface area contributed by atoms with Crippen LogP contribution in [0.2, 0.25) is 5.02 Å². The van der Waals surface area contributed by atoms with Gasteiger partial charge in [-0.05, 0) is 60.2 Å². The Hall–Kier alpha value is -2.96. The van der Waals surface area contributed by atoms with Crippen LogP contribution in [-0.2, 0) is 0 Å². The van der Waals surface area contributed by atoms with Gasteiger partial charge in [-0.1, -0.05) is 39.7 Å². The SMILES string of the molecule is O=C1c2oc3ccc(F)cc3c(=O)c2C(c2ccc(Cl)cc2)N1c1ccc(Br)cc1. The van der Waals surface area contributed by atoms with E-state index in [4.69, 9.17) is 16.0 Å². The number of halogens is 3. The van der Waals surface area contributed by atoms with Crippen LogP contribution in [0.5, 0.6) is 0 Å². The molecule has 0 spiro atoms. The van der Waals surface area contributed by atoms with Crippen molar-refractivity contribution >= 4 is 50.1 Å². The fourth-order valence-electron chi connectivity index (χ4n) is 3.77. The number of nitrogens with zero attached hydrogens (tertiary/aromatic N) is 1. The highest BCUT2D eigenvalue weighted by molar-refractivity contribution is 9.10. The molecule has 1 amide bonds. The Morgan fingerprint density at radius 2 is 1.67 bits per heavy atom. The first kappa shape index (κ1) is 19.0. The van der Waals surface area contributed by atoms with Gasteiger partial charge in [0.1, 0.15) is 11.4 Å². The van der Waals surface area contributed by atoms with Crippen molar-refractivity contribution < 1.29 is 13.6 Å². The number of amides is 1. The van der Waals surface area contributed by atoms with Gasteiger partial charge < -0.3 is 4.42 Å². The van der Waals surface area contributed by atoms with Crippen LogP contribution >= 0.6 is 27.5 Å². The van der Waals surface area contributed by atoms with Crippen molar-refractivity contribution in [3.05, 3.63) is 109 Å². The monoisotopic (exact) mass is 483 g/mol. The van der Waals surface area contributed by atoms with Crippen LogP contribution in [0.25, 0.3) is 11.0 Å². The largest absolute Gasteiger partial charge is 0.450 e. The van der Waals surface area contributed by atoms with Gasteiger partial charge >= 0.3 is 0 Å². The van der Waals surface area contributed by atoms with Gasteiger partial charge in [-0.3, -0.25) is 14.5 Å². The zero-order valence-corrected chi connectivity index (χ0v) is 17.6. The van der Waals surface area contributed by atoms with Crippen molar-refractivity contribution in [3.8, 4) is 0 Å². The van der Waals surface area contributed by atoms with Crippen LogP contribution in [0, 0.1) is 5.82 Å². The van der Waals surface area contributed by atoms with Crippen molar-refractivity contribution in [2.75, 3.05) is 4.90 Å². The van der Waals surface area contributed by atoms with E-state index in [0.29, 0.717) is 16.3 Å². The molecule has 1 unspecified atom stereocenters. The number of hydrogen-bond donors (Lipinski definition) is 0. The molecule has 0 bridgehead atoms. The summed E-state index contributed by atoms with van der Waals surface area (Å²) in [6.07, 6.45) is 0. The van der Waals surface area contributed by atoms with Crippen molar-refractivity contribution in [2.45, 2.75) is 6.04 Å². The minimum atomic E-state index is -0.727. The molecule has 4 nitrogen and oxygen atoms in total. The first-order valence-electron chi connectivity index (χ1n) is 9.05. The molecule has 0 saturated carbocycles. The van der Waals surface area contributed by atoms with Crippen molar-refractivity contribution in [3.63, 3.8) is 0 Å². The Balaban J connectivity index is 1.81. The molecule has 30 heavy (non-hydrogen) atoms.